The van der Waals surface area contributed by atoms with Gasteiger partial charge in [-0.05, 0) is 22.6 Å². The van der Waals surface area contributed by atoms with Crippen LogP contribution in [0.25, 0.3) is 0 Å². The van der Waals surface area contributed by atoms with E-state index in [1.165, 1.54) is 0 Å². The van der Waals surface area contributed by atoms with Crippen LogP contribution in [0.4, 0.5) is 0 Å². The van der Waals surface area contributed by atoms with Crippen molar-refractivity contribution in [1.82, 2.24) is 9.55 Å². The van der Waals surface area contributed by atoms with Gasteiger partial charge in [-0.2, -0.15) is 0 Å². The third kappa shape index (κ3) is 2.41. The summed E-state index contributed by atoms with van der Waals surface area (Å²) in [6.07, 6.45) is 1.55. The van der Waals surface area contributed by atoms with Gasteiger partial charge in [-0.25, -0.2) is 4.98 Å². The Morgan fingerprint density at radius 3 is 2.92 bits per heavy atom. The van der Waals surface area contributed by atoms with Crippen molar-refractivity contribution in [3.63, 3.8) is 0 Å². The van der Waals surface area contributed by atoms with Crippen LogP contribution in [-0.2, 0) is 11.8 Å². The van der Waals surface area contributed by atoms with E-state index in [-0.39, 0.29) is 6.42 Å². The summed E-state index contributed by atoms with van der Waals surface area (Å²) in [5.41, 5.74) is 6.46. The van der Waals surface area contributed by atoms with E-state index in [0.717, 1.165) is 9.39 Å². The number of aromatic nitrogens is 2. The SMILES string of the molecule is Cn1cnc(I)c1C(N)CC(=O)O. The van der Waals surface area contributed by atoms with Crippen LogP contribution in [-0.4, -0.2) is 20.6 Å². The summed E-state index contributed by atoms with van der Waals surface area (Å²) < 4.78 is 2.50. The molecule has 1 atom stereocenters. The highest BCUT2D eigenvalue weighted by Crippen LogP contribution is 2.18. The van der Waals surface area contributed by atoms with E-state index in [1.807, 2.05) is 22.6 Å². The molecule has 0 radical (unpaired) electrons. The molecule has 0 aromatic carbocycles. The number of carbonyl (C=O) groups is 1. The van der Waals surface area contributed by atoms with E-state index >= 15 is 0 Å². The van der Waals surface area contributed by atoms with Gasteiger partial charge in [0, 0.05) is 7.05 Å². The van der Waals surface area contributed by atoms with Crippen molar-refractivity contribution in [2.75, 3.05) is 0 Å². The first-order valence-electron chi connectivity index (χ1n) is 3.66. The first-order chi connectivity index (χ1) is 6.02. The second-order valence-corrected chi connectivity index (χ2v) is 3.76. The molecule has 0 saturated heterocycles. The lowest BCUT2D eigenvalue weighted by Gasteiger charge is -2.09. The van der Waals surface area contributed by atoms with Crippen molar-refractivity contribution in [3.8, 4) is 0 Å². The highest BCUT2D eigenvalue weighted by Gasteiger charge is 2.17. The second-order valence-electron chi connectivity index (χ2n) is 2.74. The minimum absolute atomic E-state index is 0.0739. The first kappa shape index (κ1) is 10.5. The number of hydrogen-bond acceptors (Lipinski definition) is 3. The quantitative estimate of drug-likeness (QED) is 0.796. The Balaban J connectivity index is 2.87. The van der Waals surface area contributed by atoms with Gasteiger partial charge in [0.2, 0.25) is 0 Å². The van der Waals surface area contributed by atoms with Crippen LogP contribution < -0.4 is 5.73 Å². The molecule has 6 heteroatoms. The standard InChI is InChI=1S/C7H10IN3O2/c1-11-3-10-7(8)6(11)4(9)2-5(12)13/h3-4H,2,9H2,1H3,(H,12,13). The smallest absolute Gasteiger partial charge is 0.305 e. The number of nitrogens with zero attached hydrogens (tertiary/aromatic N) is 2. The van der Waals surface area contributed by atoms with Crippen LogP contribution in [0, 0.1) is 3.70 Å². The van der Waals surface area contributed by atoms with Crippen molar-refractivity contribution < 1.29 is 9.90 Å². The predicted octanol–water partition coefficient (Wildman–Crippen LogP) is 0.499. The summed E-state index contributed by atoms with van der Waals surface area (Å²) >= 11 is 2.04. The number of hydrogen-bond donors (Lipinski definition) is 2. The van der Waals surface area contributed by atoms with Crippen LogP contribution in [0.3, 0.4) is 0 Å². The lowest BCUT2D eigenvalue weighted by molar-refractivity contribution is -0.137. The molecule has 0 aliphatic heterocycles. The third-order valence-corrected chi connectivity index (χ3v) is 2.51. The number of aliphatic carboxylic acids is 1. The van der Waals surface area contributed by atoms with Gasteiger partial charge in [0.25, 0.3) is 0 Å². The van der Waals surface area contributed by atoms with Crippen molar-refractivity contribution in [3.05, 3.63) is 15.7 Å². The molecule has 1 rings (SSSR count). The Kier molecular flexibility index (Phi) is 3.26. The summed E-state index contributed by atoms with van der Waals surface area (Å²) in [5.74, 6) is -0.899. The van der Waals surface area contributed by atoms with Gasteiger partial charge >= 0.3 is 5.97 Å². The molecule has 0 saturated carbocycles. The molecule has 1 unspecified atom stereocenters. The zero-order valence-corrected chi connectivity index (χ0v) is 9.22. The fourth-order valence-electron chi connectivity index (χ4n) is 1.11. The van der Waals surface area contributed by atoms with E-state index in [1.54, 1.807) is 17.9 Å². The zero-order chi connectivity index (χ0) is 10.0. The average Bonchev–Trinajstić information content (AvgIpc) is 2.29. The lowest BCUT2D eigenvalue weighted by Crippen LogP contribution is -2.18. The number of rotatable bonds is 3. The summed E-state index contributed by atoms with van der Waals surface area (Å²) in [5, 5.41) is 8.55. The summed E-state index contributed by atoms with van der Waals surface area (Å²) in [6.45, 7) is 0. The van der Waals surface area contributed by atoms with E-state index in [0.29, 0.717) is 0 Å². The first-order valence-corrected chi connectivity index (χ1v) is 4.74. The summed E-state index contributed by atoms with van der Waals surface area (Å²) in [7, 11) is 1.80. The van der Waals surface area contributed by atoms with Crippen LogP contribution in [0.5, 0.6) is 0 Å². The van der Waals surface area contributed by atoms with Gasteiger partial charge in [-0.1, -0.05) is 0 Å². The van der Waals surface area contributed by atoms with Crippen molar-refractivity contribution in [2.24, 2.45) is 12.8 Å². The van der Waals surface area contributed by atoms with Crippen LogP contribution in [0.15, 0.2) is 6.33 Å². The lowest BCUT2D eigenvalue weighted by atomic mass is 10.1. The van der Waals surface area contributed by atoms with Gasteiger partial charge in [-0.15, -0.1) is 0 Å². The van der Waals surface area contributed by atoms with E-state index < -0.39 is 12.0 Å². The number of carboxylic acid groups (broad SMARTS) is 1. The van der Waals surface area contributed by atoms with Crippen molar-refractivity contribution in [2.45, 2.75) is 12.5 Å². The molecule has 0 aliphatic rings. The molecule has 1 heterocycles. The van der Waals surface area contributed by atoms with Gasteiger partial charge < -0.3 is 15.4 Å². The minimum Gasteiger partial charge on any atom is -0.481 e. The molecule has 0 amide bonds. The summed E-state index contributed by atoms with van der Waals surface area (Å²) in [6, 6.07) is -0.489. The maximum absolute atomic E-state index is 10.4. The van der Waals surface area contributed by atoms with Gasteiger partial charge in [0.15, 0.2) is 0 Å². The zero-order valence-electron chi connectivity index (χ0n) is 7.07. The van der Waals surface area contributed by atoms with Crippen LogP contribution >= 0.6 is 22.6 Å². The Hall–Kier alpha value is -0.630. The van der Waals surface area contributed by atoms with Crippen LogP contribution in [0.2, 0.25) is 0 Å². The fraction of sp³-hybridized carbons (Fsp3) is 0.429. The molecule has 0 bridgehead atoms. The number of halogens is 1. The Labute approximate surface area is 89.1 Å². The van der Waals surface area contributed by atoms with Gasteiger partial charge in [-0.3, -0.25) is 4.79 Å². The molecule has 1 aromatic heterocycles. The number of nitrogens with two attached hydrogens (primary N) is 1. The molecule has 0 fully saturated rings. The molecule has 3 N–H and O–H groups in total. The average molecular weight is 295 g/mol. The van der Waals surface area contributed by atoms with Crippen LogP contribution in [0.1, 0.15) is 18.2 Å². The highest BCUT2D eigenvalue weighted by atomic mass is 127. The molecule has 72 valence electrons. The Morgan fingerprint density at radius 2 is 2.54 bits per heavy atom. The maximum Gasteiger partial charge on any atom is 0.305 e. The maximum atomic E-state index is 10.4. The Bertz CT molecular complexity index is 304. The number of carboxylic acids is 1. The van der Waals surface area contributed by atoms with Gasteiger partial charge in [0.1, 0.15) is 3.70 Å². The van der Waals surface area contributed by atoms with Crippen molar-refractivity contribution >= 4 is 28.6 Å². The summed E-state index contributed by atoms with van der Waals surface area (Å²) in [4.78, 5) is 14.4. The van der Waals surface area contributed by atoms with E-state index in [2.05, 4.69) is 4.98 Å². The largest absolute Gasteiger partial charge is 0.481 e. The minimum atomic E-state index is -0.899. The highest BCUT2D eigenvalue weighted by molar-refractivity contribution is 14.1. The number of aryl methyl sites for hydroxylation is 1. The topological polar surface area (TPSA) is 81.1 Å². The fourth-order valence-corrected chi connectivity index (χ4v) is 2.02. The molecule has 5 nitrogen and oxygen atoms in total. The molecular weight excluding hydrogens is 285 g/mol. The molecule has 0 aliphatic carbocycles. The molecule has 13 heavy (non-hydrogen) atoms. The number of imidazole rings is 1. The van der Waals surface area contributed by atoms with E-state index in [4.69, 9.17) is 10.8 Å². The molecule has 0 spiro atoms. The predicted molar refractivity (Wildman–Crippen MR) is 55.1 cm³/mol. The third-order valence-electron chi connectivity index (χ3n) is 1.68. The molecule has 1 aromatic rings. The van der Waals surface area contributed by atoms with E-state index in [9.17, 15) is 4.79 Å². The van der Waals surface area contributed by atoms with Crippen molar-refractivity contribution in [1.29, 1.82) is 0 Å². The Morgan fingerprint density at radius 1 is 1.92 bits per heavy atom. The monoisotopic (exact) mass is 295 g/mol. The van der Waals surface area contributed by atoms with Gasteiger partial charge in [0.05, 0.1) is 24.5 Å². The second kappa shape index (κ2) is 4.05. The molecular formula is C7H10IN3O2. The normalized spacial score (nSPS) is 12.8.